The molecule has 0 saturated carbocycles. The van der Waals surface area contributed by atoms with E-state index in [1.54, 1.807) is 39.8 Å². The van der Waals surface area contributed by atoms with E-state index in [1.165, 1.54) is 12.1 Å². The van der Waals surface area contributed by atoms with Crippen LogP contribution in [0, 0.1) is 5.41 Å². The molecule has 2 rings (SSSR count). The van der Waals surface area contributed by atoms with Gasteiger partial charge in [0.05, 0.1) is 17.4 Å². The molecule has 0 amide bonds. The highest BCUT2D eigenvalue weighted by atomic mass is 32.2. The summed E-state index contributed by atoms with van der Waals surface area (Å²) in [4.78, 5) is 24.7. The molecular weight excluding hydrogens is 346 g/mol. The summed E-state index contributed by atoms with van der Waals surface area (Å²) < 4.78 is 36.8. The van der Waals surface area contributed by atoms with Crippen LogP contribution in [0.25, 0.3) is 5.76 Å². The van der Waals surface area contributed by atoms with E-state index in [0.29, 0.717) is 0 Å². The van der Waals surface area contributed by atoms with Crippen LogP contribution in [0.3, 0.4) is 0 Å². The van der Waals surface area contributed by atoms with Crippen molar-refractivity contribution in [2.75, 3.05) is 13.7 Å². The Kier molecular flexibility index (Phi) is 4.94. The number of nitrogens with zero attached hydrogens (tertiary/aromatic N) is 1. The number of sulfonamides is 1. The fraction of sp³-hybridized carbons (Fsp3) is 0.412. The van der Waals surface area contributed by atoms with E-state index in [2.05, 4.69) is 0 Å². The van der Waals surface area contributed by atoms with Gasteiger partial charge in [-0.25, -0.2) is 13.2 Å². The zero-order valence-corrected chi connectivity index (χ0v) is 15.6. The Morgan fingerprint density at radius 2 is 1.76 bits per heavy atom. The van der Waals surface area contributed by atoms with Gasteiger partial charge in [-0.3, -0.25) is 9.10 Å². The Balaban J connectivity index is 2.80. The molecule has 0 spiro atoms. The first-order chi connectivity index (χ1) is 11.6. The monoisotopic (exact) mass is 367 g/mol. The number of carbonyl (C=O) groups excluding carboxylic acids is 2. The number of hydrogen-bond donors (Lipinski definition) is 0. The van der Waals surface area contributed by atoms with Crippen LogP contribution in [0.2, 0.25) is 0 Å². The molecule has 0 unspecified atom stereocenters. The first-order valence-electron chi connectivity index (χ1n) is 7.72. The number of carbonyl (C=O) groups is 2. The van der Waals surface area contributed by atoms with Gasteiger partial charge in [0.25, 0.3) is 10.0 Å². The van der Waals surface area contributed by atoms with Crippen molar-refractivity contribution >= 4 is 27.7 Å². The maximum absolute atomic E-state index is 12.8. The lowest BCUT2D eigenvalue weighted by Gasteiger charge is -2.32. The molecule has 8 heteroatoms. The van der Waals surface area contributed by atoms with Crippen LogP contribution in [-0.4, -0.2) is 38.3 Å². The van der Waals surface area contributed by atoms with E-state index in [4.69, 9.17) is 9.47 Å². The summed E-state index contributed by atoms with van der Waals surface area (Å²) in [6, 6.07) is 6.08. The number of benzene rings is 1. The second-order valence-corrected chi connectivity index (χ2v) is 8.31. The molecule has 7 nitrogen and oxygen atoms in total. The highest BCUT2D eigenvalue weighted by Gasteiger charge is 2.42. The Bertz CT molecular complexity index is 848. The minimum atomic E-state index is -3.96. The third kappa shape index (κ3) is 3.26. The van der Waals surface area contributed by atoms with E-state index in [9.17, 15) is 18.0 Å². The molecule has 25 heavy (non-hydrogen) atoms. The molecule has 0 aromatic heterocycles. The topological polar surface area (TPSA) is 90.0 Å². The zero-order chi connectivity index (χ0) is 19.0. The maximum Gasteiger partial charge on any atom is 0.359 e. The molecule has 1 aromatic rings. The fourth-order valence-corrected chi connectivity index (χ4v) is 3.99. The molecule has 0 fully saturated rings. The molecule has 0 bridgehead atoms. The van der Waals surface area contributed by atoms with Gasteiger partial charge in [-0.2, -0.15) is 0 Å². The third-order valence-electron chi connectivity index (χ3n) is 3.64. The molecule has 0 atom stereocenters. The van der Waals surface area contributed by atoms with Crippen molar-refractivity contribution in [3.8, 4) is 0 Å². The van der Waals surface area contributed by atoms with Crippen molar-refractivity contribution in [2.24, 2.45) is 5.41 Å². The second kappa shape index (κ2) is 6.51. The number of likely N-dealkylation sites (N-methyl/N-ethyl adjacent to an activating group) is 1. The standard InChI is InChI=1S/C17H21NO6S/c1-6-18-13(15(19)23-5)14(24-16(20)17(2,3)4)11-9-7-8-10-12(11)25(18,21)22/h7-10H,6H2,1-5H3. The van der Waals surface area contributed by atoms with Crippen LogP contribution >= 0.6 is 0 Å². The molecular formula is C17H21NO6S. The Morgan fingerprint density at radius 3 is 2.28 bits per heavy atom. The predicted octanol–water partition coefficient (Wildman–Crippen LogP) is 2.14. The summed E-state index contributed by atoms with van der Waals surface area (Å²) in [7, 11) is -2.82. The largest absolute Gasteiger partial charge is 0.464 e. The lowest BCUT2D eigenvalue weighted by atomic mass is 9.97. The van der Waals surface area contributed by atoms with Crippen LogP contribution in [0.1, 0.15) is 33.3 Å². The molecule has 1 aliphatic heterocycles. The van der Waals surface area contributed by atoms with Crippen molar-refractivity contribution in [1.29, 1.82) is 0 Å². The van der Waals surface area contributed by atoms with Gasteiger partial charge in [0.15, 0.2) is 11.5 Å². The molecule has 0 N–H and O–H groups in total. The normalized spacial score (nSPS) is 16.3. The second-order valence-electron chi connectivity index (χ2n) is 6.47. The van der Waals surface area contributed by atoms with Crippen molar-refractivity contribution < 1.29 is 27.5 Å². The lowest BCUT2D eigenvalue weighted by molar-refractivity contribution is -0.145. The quantitative estimate of drug-likeness (QED) is 0.761. The molecule has 136 valence electrons. The van der Waals surface area contributed by atoms with Gasteiger partial charge >= 0.3 is 11.9 Å². The van der Waals surface area contributed by atoms with E-state index < -0.39 is 27.4 Å². The van der Waals surface area contributed by atoms with Crippen molar-refractivity contribution in [3.05, 3.63) is 35.5 Å². The van der Waals surface area contributed by atoms with Crippen LogP contribution in [0.5, 0.6) is 0 Å². The van der Waals surface area contributed by atoms with E-state index in [1.807, 2.05) is 0 Å². The van der Waals surface area contributed by atoms with Crippen LogP contribution in [-0.2, 0) is 29.1 Å². The van der Waals surface area contributed by atoms with Gasteiger partial charge in [-0.1, -0.05) is 12.1 Å². The predicted molar refractivity (Wildman–Crippen MR) is 90.5 cm³/mol. The molecule has 1 heterocycles. The summed E-state index contributed by atoms with van der Waals surface area (Å²) in [5, 5.41) is 0. The number of esters is 2. The Morgan fingerprint density at radius 1 is 1.16 bits per heavy atom. The molecule has 1 aliphatic rings. The van der Waals surface area contributed by atoms with Gasteiger partial charge in [0.1, 0.15) is 0 Å². The average Bonchev–Trinajstić information content (AvgIpc) is 2.55. The Labute approximate surface area is 147 Å². The van der Waals surface area contributed by atoms with Gasteiger partial charge in [-0.15, -0.1) is 0 Å². The highest BCUT2D eigenvalue weighted by Crippen LogP contribution is 2.38. The summed E-state index contributed by atoms with van der Waals surface area (Å²) in [6.45, 7) is 6.56. The number of fused-ring (bicyclic) bond motifs is 1. The lowest BCUT2D eigenvalue weighted by Crippen LogP contribution is -2.39. The molecule has 0 saturated heterocycles. The number of methoxy groups -OCH3 is 1. The fourth-order valence-electron chi connectivity index (χ4n) is 2.33. The van der Waals surface area contributed by atoms with Gasteiger partial charge < -0.3 is 9.47 Å². The van der Waals surface area contributed by atoms with Gasteiger partial charge in [0.2, 0.25) is 0 Å². The molecule has 1 aromatic carbocycles. The summed E-state index contributed by atoms with van der Waals surface area (Å²) in [6.07, 6.45) is 0. The van der Waals surface area contributed by atoms with Crippen molar-refractivity contribution in [3.63, 3.8) is 0 Å². The number of ether oxygens (including phenoxy) is 2. The summed E-state index contributed by atoms with van der Waals surface area (Å²) in [5.41, 5.74) is -0.984. The van der Waals surface area contributed by atoms with E-state index in [-0.39, 0.29) is 28.5 Å². The maximum atomic E-state index is 12.8. The first-order valence-corrected chi connectivity index (χ1v) is 9.16. The minimum Gasteiger partial charge on any atom is -0.464 e. The van der Waals surface area contributed by atoms with E-state index >= 15 is 0 Å². The number of hydrogen-bond acceptors (Lipinski definition) is 6. The first kappa shape index (κ1) is 19.0. The average molecular weight is 367 g/mol. The SMILES string of the molecule is CCN1C(C(=O)OC)=C(OC(=O)C(C)(C)C)c2ccccc2S1(=O)=O. The van der Waals surface area contributed by atoms with Crippen molar-refractivity contribution in [1.82, 2.24) is 4.31 Å². The summed E-state index contributed by atoms with van der Waals surface area (Å²) in [5.74, 6) is -1.59. The van der Waals surface area contributed by atoms with Crippen molar-refractivity contribution in [2.45, 2.75) is 32.6 Å². The number of rotatable bonds is 3. The van der Waals surface area contributed by atoms with Gasteiger partial charge in [0, 0.05) is 12.1 Å². The smallest absolute Gasteiger partial charge is 0.359 e. The van der Waals surface area contributed by atoms with Crippen LogP contribution in [0.4, 0.5) is 0 Å². The van der Waals surface area contributed by atoms with E-state index in [0.717, 1.165) is 11.4 Å². The highest BCUT2D eigenvalue weighted by molar-refractivity contribution is 7.89. The van der Waals surface area contributed by atoms with Crippen LogP contribution < -0.4 is 0 Å². The minimum absolute atomic E-state index is 0.0162. The van der Waals surface area contributed by atoms with Gasteiger partial charge in [-0.05, 0) is 39.8 Å². The third-order valence-corrected chi connectivity index (χ3v) is 5.57. The Hall–Kier alpha value is -2.35. The molecule has 0 radical (unpaired) electrons. The zero-order valence-electron chi connectivity index (χ0n) is 14.8. The molecule has 0 aliphatic carbocycles. The van der Waals surface area contributed by atoms with Crippen LogP contribution in [0.15, 0.2) is 34.9 Å². The summed E-state index contributed by atoms with van der Waals surface area (Å²) >= 11 is 0.